The van der Waals surface area contributed by atoms with Gasteiger partial charge in [0.15, 0.2) is 5.65 Å². The number of anilines is 1. The van der Waals surface area contributed by atoms with Crippen molar-refractivity contribution in [1.82, 2.24) is 15.0 Å². The summed E-state index contributed by atoms with van der Waals surface area (Å²) in [5.74, 6) is 0.677. The minimum atomic E-state index is -0.0485. The van der Waals surface area contributed by atoms with Crippen molar-refractivity contribution in [2.45, 2.75) is 12.8 Å². The number of pyridine rings is 1. The fourth-order valence-corrected chi connectivity index (χ4v) is 2.18. The van der Waals surface area contributed by atoms with E-state index in [-0.39, 0.29) is 5.91 Å². The zero-order valence-corrected chi connectivity index (χ0v) is 11.9. The summed E-state index contributed by atoms with van der Waals surface area (Å²) in [5.41, 5.74) is 2.18. The third-order valence-corrected chi connectivity index (χ3v) is 3.21. The van der Waals surface area contributed by atoms with Crippen LogP contribution in [0.15, 0.2) is 42.6 Å². The Morgan fingerprint density at radius 1 is 1.29 bits per heavy atom. The number of halogens is 1. The summed E-state index contributed by atoms with van der Waals surface area (Å²) >= 11 is 5.87. The number of benzene rings is 1. The molecule has 0 spiro atoms. The summed E-state index contributed by atoms with van der Waals surface area (Å²) in [6.45, 7) is 0. The van der Waals surface area contributed by atoms with Crippen molar-refractivity contribution in [3.8, 4) is 0 Å². The molecule has 6 heteroatoms. The number of aryl methyl sites for hydroxylation is 1. The van der Waals surface area contributed by atoms with Crippen molar-refractivity contribution in [3.63, 3.8) is 0 Å². The topological polar surface area (TPSA) is 70.7 Å². The van der Waals surface area contributed by atoms with Crippen LogP contribution in [-0.4, -0.2) is 20.9 Å². The highest BCUT2D eigenvalue weighted by Crippen LogP contribution is 2.15. The van der Waals surface area contributed by atoms with Gasteiger partial charge < -0.3 is 10.3 Å². The molecule has 3 aromatic rings. The maximum atomic E-state index is 11.9. The summed E-state index contributed by atoms with van der Waals surface area (Å²) in [4.78, 5) is 23.4. The number of rotatable bonds is 4. The lowest BCUT2D eigenvalue weighted by molar-refractivity contribution is -0.116. The van der Waals surface area contributed by atoms with Gasteiger partial charge in [-0.2, -0.15) is 0 Å². The van der Waals surface area contributed by atoms with Gasteiger partial charge in [-0.1, -0.05) is 29.8 Å². The monoisotopic (exact) mass is 300 g/mol. The number of aromatic nitrogens is 3. The first-order valence-corrected chi connectivity index (χ1v) is 6.93. The smallest absolute Gasteiger partial charge is 0.224 e. The van der Waals surface area contributed by atoms with Gasteiger partial charge in [-0.15, -0.1) is 0 Å². The molecule has 1 amide bonds. The van der Waals surface area contributed by atoms with Crippen LogP contribution in [0, 0.1) is 0 Å². The van der Waals surface area contributed by atoms with Crippen LogP contribution in [0.1, 0.15) is 12.2 Å². The third kappa shape index (κ3) is 3.38. The normalized spacial score (nSPS) is 10.7. The van der Waals surface area contributed by atoms with Crippen molar-refractivity contribution in [2.75, 3.05) is 5.32 Å². The molecule has 2 heterocycles. The number of fused-ring (bicyclic) bond motifs is 1. The van der Waals surface area contributed by atoms with E-state index in [0.717, 1.165) is 17.0 Å². The molecule has 0 saturated carbocycles. The molecule has 0 aliphatic carbocycles. The maximum Gasteiger partial charge on any atom is 0.224 e. The highest BCUT2D eigenvalue weighted by Gasteiger charge is 2.07. The van der Waals surface area contributed by atoms with Crippen LogP contribution in [0.2, 0.25) is 5.02 Å². The molecule has 0 atom stereocenters. The standard InChI is InChI=1S/C15H13ClN4O/c16-10-8-12-15(17-9-10)20-13(19-12)6-7-14(21)18-11-4-2-1-3-5-11/h1-5,8-9H,6-7H2,(H,18,21)(H,17,19,20). The van der Waals surface area contributed by atoms with Crippen LogP contribution in [-0.2, 0) is 11.2 Å². The minimum Gasteiger partial charge on any atom is -0.341 e. The fraction of sp³-hybridized carbons (Fsp3) is 0.133. The first-order chi connectivity index (χ1) is 10.2. The van der Waals surface area contributed by atoms with E-state index in [1.54, 1.807) is 12.3 Å². The van der Waals surface area contributed by atoms with E-state index >= 15 is 0 Å². The van der Waals surface area contributed by atoms with E-state index in [9.17, 15) is 4.79 Å². The van der Waals surface area contributed by atoms with Crippen LogP contribution in [0.5, 0.6) is 0 Å². The molecule has 3 rings (SSSR count). The molecule has 0 saturated heterocycles. The number of hydrogen-bond acceptors (Lipinski definition) is 3. The van der Waals surface area contributed by atoms with Crippen molar-refractivity contribution >= 4 is 34.4 Å². The minimum absolute atomic E-state index is 0.0485. The van der Waals surface area contributed by atoms with E-state index in [1.807, 2.05) is 30.3 Å². The second-order valence-corrected chi connectivity index (χ2v) is 5.06. The van der Waals surface area contributed by atoms with Gasteiger partial charge >= 0.3 is 0 Å². The van der Waals surface area contributed by atoms with E-state index in [1.165, 1.54) is 0 Å². The van der Waals surface area contributed by atoms with Gasteiger partial charge in [0, 0.05) is 24.7 Å². The predicted molar refractivity (Wildman–Crippen MR) is 82.3 cm³/mol. The van der Waals surface area contributed by atoms with E-state index in [2.05, 4.69) is 20.3 Å². The van der Waals surface area contributed by atoms with Crippen molar-refractivity contribution < 1.29 is 4.79 Å². The number of para-hydroxylation sites is 1. The maximum absolute atomic E-state index is 11.9. The van der Waals surface area contributed by atoms with Crippen LogP contribution < -0.4 is 5.32 Å². The van der Waals surface area contributed by atoms with Gasteiger partial charge in [0.05, 0.1) is 10.5 Å². The predicted octanol–water partition coefficient (Wildman–Crippen LogP) is 3.18. The van der Waals surface area contributed by atoms with Crippen molar-refractivity contribution in [2.24, 2.45) is 0 Å². The molecular formula is C15H13ClN4O. The summed E-state index contributed by atoms with van der Waals surface area (Å²) in [5, 5.41) is 3.39. The summed E-state index contributed by atoms with van der Waals surface area (Å²) in [7, 11) is 0. The number of carbonyl (C=O) groups excluding carboxylic acids is 1. The summed E-state index contributed by atoms with van der Waals surface area (Å²) in [6, 6.07) is 11.1. The van der Waals surface area contributed by atoms with Crippen LogP contribution >= 0.6 is 11.6 Å². The Bertz CT molecular complexity index is 770. The Kier molecular flexibility index (Phi) is 3.83. The van der Waals surface area contributed by atoms with Crippen molar-refractivity contribution in [3.05, 3.63) is 53.4 Å². The Balaban J connectivity index is 1.62. The molecule has 0 unspecified atom stereocenters. The molecule has 0 fully saturated rings. The molecule has 5 nitrogen and oxygen atoms in total. The summed E-state index contributed by atoms with van der Waals surface area (Å²) in [6.07, 6.45) is 2.42. The second kappa shape index (κ2) is 5.93. The fourth-order valence-electron chi connectivity index (χ4n) is 2.02. The first-order valence-electron chi connectivity index (χ1n) is 6.56. The average molecular weight is 301 g/mol. The Hall–Kier alpha value is -2.40. The van der Waals surface area contributed by atoms with Gasteiger partial charge in [-0.3, -0.25) is 4.79 Å². The molecule has 106 valence electrons. The summed E-state index contributed by atoms with van der Waals surface area (Å²) < 4.78 is 0. The lowest BCUT2D eigenvalue weighted by Gasteiger charge is -2.03. The van der Waals surface area contributed by atoms with Crippen LogP contribution in [0.4, 0.5) is 5.69 Å². The van der Waals surface area contributed by atoms with Crippen LogP contribution in [0.3, 0.4) is 0 Å². The molecule has 0 aliphatic rings. The zero-order chi connectivity index (χ0) is 14.7. The molecule has 2 N–H and O–H groups in total. The Morgan fingerprint density at radius 2 is 2.10 bits per heavy atom. The van der Waals surface area contributed by atoms with Gasteiger partial charge in [0.1, 0.15) is 5.82 Å². The van der Waals surface area contributed by atoms with Gasteiger partial charge in [-0.25, -0.2) is 9.97 Å². The third-order valence-electron chi connectivity index (χ3n) is 3.00. The Labute approximate surface area is 126 Å². The number of aromatic amines is 1. The van der Waals surface area contributed by atoms with E-state index < -0.39 is 0 Å². The van der Waals surface area contributed by atoms with E-state index in [4.69, 9.17) is 11.6 Å². The number of carbonyl (C=O) groups is 1. The largest absolute Gasteiger partial charge is 0.341 e. The number of H-pyrrole nitrogens is 1. The SMILES string of the molecule is O=C(CCc1nc2ncc(Cl)cc2[nH]1)Nc1ccccc1. The van der Waals surface area contributed by atoms with E-state index in [0.29, 0.717) is 23.5 Å². The highest BCUT2D eigenvalue weighted by molar-refractivity contribution is 6.31. The molecular weight excluding hydrogens is 288 g/mol. The second-order valence-electron chi connectivity index (χ2n) is 4.62. The highest BCUT2D eigenvalue weighted by atomic mass is 35.5. The number of imidazole rings is 1. The molecule has 0 radical (unpaired) electrons. The molecule has 1 aromatic carbocycles. The number of amides is 1. The van der Waals surface area contributed by atoms with Gasteiger partial charge in [0.2, 0.25) is 5.91 Å². The Morgan fingerprint density at radius 3 is 2.90 bits per heavy atom. The quantitative estimate of drug-likeness (QED) is 0.777. The van der Waals surface area contributed by atoms with Gasteiger partial charge in [-0.05, 0) is 18.2 Å². The average Bonchev–Trinajstić information content (AvgIpc) is 2.88. The lowest BCUT2D eigenvalue weighted by atomic mass is 10.2. The zero-order valence-electron chi connectivity index (χ0n) is 11.1. The molecule has 0 aliphatic heterocycles. The molecule has 0 bridgehead atoms. The molecule has 2 aromatic heterocycles. The lowest BCUT2D eigenvalue weighted by Crippen LogP contribution is -2.12. The number of nitrogens with one attached hydrogen (secondary N) is 2. The van der Waals surface area contributed by atoms with Gasteiger partial charge in [0.25, 0.3) is 0 Å². The van der Waals surface area contributed by atoms with Crippen LogP contribution in [0.25, 0.3) is 11.2 Å². The van der Waals surface area contributed by atoms with Crippen molar-refractivity contribution in [1.29, 1.82) is 0 Å². The first kappa shape index (κ1) is 13.6. The number of nitrogens with zero attached hydrogens (tertiary/aromatic N) is 2. The molecule has 21 heavy (non-hydrogen) atoms. The number of hydrogen-bond donors (Lipinski definition) is 2.